The van der Waals surface area contributed by atoms with Crippen LogP contribution in [0.5, 0.6) is 0 Å². The third-order valence-corrected chi connectivity index (χ3v) is 2.55. The lowest BCUT2D eigenvalue weighted by molar-refractivity contribution is -0.384. The Kier molecular flexibility index (Phi) is 2.88. The molecule has 86 valence electrons. The molecule has 0 bridgehead atoms. The van der Waals surface area contributed by atoms with Crippen molar-refractivity contribution >= 4 is 23.6 Å². The van der Waals surface area contributed by atoms with Crippen molar-refractivity contribution in [1.82, 2.24) is 9.78 Å². The fourth-order valence-electron chi connectivity index (χ4n) is 1.39. The number of rotatable bonds is 3. The summed E-state index contributed by atoms with van der Waals surface area (Å²) in [5.41, 5.74) is 0.273. The first kappa shape index (κ1) is 11.3. The summed E-state index contributed by atoms with van der Waals surface area (Å²) in [6, 6.07) is 6.01. The SMILES string of the molecule is O=Cc1cnn(-c2ccccc2[N+](=O)[O-])c1Cl. The molecule has 2 aromatic rings. The van der Waals surface area contributed by atoms with Crippen molar-refractivity contribution in [3.05, 3.63) is 51.3 Å². The standard InChI is InChI=1S/C10H6ClN3O3/c11-10-7(6-15)5-12-13(10)8-3-1-2-4-9(8)14(16)17/h1-6H. The van der Waals surface area contributed by atoms with Crippen LogP contribution in [-0.4, -0.2) is 21.0 Å². The van der Waals surface area contributed by atoms with Crippen LogP contribution >= 0.6 is 11.6 Å². The number of halogens is 1. The molecule has 1 heterocycles. The summed E-state index contributed by atoms with van der Waals surface area (Å²) in [5, 5.41) is 14.7. The Morgan fingerprint density at radius 2 is 2.12 bits per heavy atom. The zero-order valence-electron chi connectivity index (χ0n) is 8.41. The first-order chi connectivity index (χ1) is 8.15. The molecule has 0 radical (unpaired) electrons. The van der Waals surface area contributed by atoms with Gasteiger partial charge in [-0.3, -0.25) is 14.9 Å². The van der Waals surface area contributed by atoms with Crippen LogP contribution in [0.3, 0.4) is 0 Å². The lowest BCUT2D eigenvalue weighted by atomic mass is 10.3. The average Bonchev–Trinajstić information content (AvgIpc) is 2.70. The van der Waals surface area contributed by atoms with Crippen molar-refractivity contribution < 1.29 is 9.72 Å². The first-order valence-electron chi connectivity index (χ1n) is 4.57. The van der Waals surface area contributed by atoms with Gasteiger partial charge in [-0.2, -0.15) is 5.10 Å². The van der Waals surface area contributed by atoms with Crippen LogP contribution in [-0.2, 0) is 0 Å². The molecule has 0 aliphatic carbocycles. The van der Waals surface area contributed by atoms with Crippen molar-refractivity contribution in [2.45, 2.75) is 0 Å². The minimum atomic E-state index is -0.534. The molecular weight excluding hydrogens is 246 g/mol. The Morgan fingerprint density at radius 3 is 2.71 bits per heavy atom. The van der Waals surface area contributed by atoms with Crippen LogP contribution in [0, 0.1) is 10.1 Å². The summed E-state index contributed by atoms with van der Waals surface area (Å²) in [4.78, 5) is 20.9. The summed E-state index contributed by atoms with van der Waals surface area (Å²) in [6.45, 7) is 0. The van der Waals surface area contributed by atoms with E-state index in [1.54, 1.807) is 12.1 Å². The van der Waals surface area contributed by atoms with E-state index < -0.39 is 4.92 Å². The highest BCUT2D eigenvalue weighted by Crippen LogP contribution is 2.26. The van der Waals surface area contributed by atoms with Gasteiger partial charge in [0.05, 0.1) is 16.7 Å². The quantitative estimate of drug-likeness (QED) is 0.476. The van der Waals surface area contributed by atoms with E-state index in [0.29, 0.717) is 6.29 Å². The van der Waals surface area contributed by atoms with Gasteiger partial charge in [-0.1, -0.05) is 23.7 Å². The number of carbonyl (C=O) groups is 1. The number of hydrogen-bond acceptors (Lipinski definition) is 4. The summed E-state index contributed by atoms with van der Waals surface area (Å²) >= 11 is 5.88. The molecule has 2 rings (SSSR count). The van der Waals surface area contributed by atoms with Crippen LogP contribution in [0.15, 0.2) is 30.5 Å². The molecule has 0 amide bonds. The van der Waals surface area contributed by atoms with Crippen molar-refractivity contribution in [3.63, 3.8) is 0 Å². The number of carbonyl (C=O) groups excluding carboxylic acids is 1. The number of hydrogen-bond donors (Lipinski definition) is 0. The molecule has 0 spiro atoms. The van der Waals surface area contributed by atoms with E-state index in [-0.39, 0.29) is 22.1 Å². The van der Waals surface area contributed by atoms with Gasteiger partial charge in [-0.15, -0.1) is 0 Å². The number of benzene rings is 1. The van der Waals surface area contributed by atoms with Crippen molar-refractivity contribution in [1.29, 1.82) is 0 Å². The molecule has 17 heavy (non-hydrogen) atoms. The zero-order chi connectivity index (χ0) is 12.4. The number of nitro groups is 1. The molecule has 0 N–H and O–H groups in total. The molecule has 1 aromatic heterocycles. The minimum Gasteiger partial charge on any atom is -0.298 e. The van der Waals surface area contributed by atoms with Crippen LogP contribution in [0.2, 0.25) is 5.15 Å². The Morgan fingerprint density at radius 1 is 1.41 bits per heavy atom. The van der Waals surface area contributed by atoms with Gasteiger partial charge in [0.1, 0.15) is 10.8 Å². The molecule has 7 heteroatoms. The van der Waals surface area contributed by atoms with E-state index in [2.05, 4.69) is 5.10 Å². The molecule has 0 saturated carbocycles. The molecular formula is C10H6ClN3O3. The normalized spacial score (nSPS) is 10.2. The summed E-state index contributed by atoms with van der Waals surface area (Å²) in [5.74, 6) is 0. The van der Waals surface area contributed by atoms with E-state index in [0.717, 1.165) is 4.68 Å². The summed E-state index contributed by atoms with van der Waals surface area (Å²) in [6.07, 6.45) is 1.80. The predicted molar refractivity (Wildman–Crippen MR) is 60.6 cm³/mol. The highest BCUT2D eigenvalue weighted by atomic mass is 35.5. The molecule has 0 aliphatic rings. The highest BCUT2D eigenvalue weighted by molar-refractivity contribution is 6.32. The van der Waals surface area contributed by atoms with Gasteiger partial charge in [0, 0.05) is 6.07 Å². The number of nitro benzene ring substituents is 1. The fraction of sp³-hybridized carbons (Fsp3) is 0. The Balaban J connectivity index is 2.64. The lowest BCUT2D eigenvalue weighted by Gasteiger charge is -2.03. The predicted octanol–water partition coefficient (Wildman–Crippen LogP) is 2.25. The van der Waals surface area contributed by atoms with Crippen LogP contribution in [0.1, 0.15) is 10.4 Å². The molecule has 6 nitrogen and oxygen atoms in total. The molecule has 0 saturated heterocycles. The van der Waals surface area contributed by atoms with Gasteiger partial charge in [0.2, 0.25) is 0 Å². The second kappa shape index (κ2) is 4.34. The van der Waals surface area contributed by atoms with Gasteiger partial charge < -0.3 is 0 Å². The Labute approximate surface area is 101 Å². The monoisotopic (exact) mass is 251 g/mol. The summed E-state index contributed by atoms with van der Waals surface area (Å²) in [7, 11) is 0. The Hall–Kier alpha value is -2.21. The van der Waals surface area contributed by atoms with Crippen molar-refractivity contribution in [2.24, 2.45) is 0 Å². The second-order valence-corrected chi connectivity index (χ2v) is 3.52. The zero-order valence-corrected chi connectivity index (χ0v) is 9.16. The molecule has 0 unspecified atom stereocenters. The van der Waals surface area contributed by atoms with Gasteiger partial charge >= 0.3 is 0 Å². The Bertz CT molecular complexity index is 594. The maximum absolute atomic E-state index is 10.8. The number of nitrogens with zero attached hydrogens (tertiary/aromatic N) is 3. The van der Waals surface area contributed by atoms with E-state index in [4.69, 9.17) is 11.6 Å². The maximum atomic E-state index is 10.8. The average molecular weight is 252 g/mol. The van der Waals surface area contributed by atoms with E-state index in [9.17, 15) is 14.9 Å². The third kappa shape index (κ3) is 1.90. The minimum absolute atomic E-state index is 0.0503. The molecule has 0 fully saturated rings. The third-order valence-electron chi connectivity index (χ3n) is 2.17. The van der Waals surface area contributed by atoms with Gasteiger partial charge in [0.15, 0.2) is 6.29 Å². The smallest absolute Gasteiger partial charge is 0.294 e. The van der Waals surface area contributed by atoms with Crippen LogP contribution in [0.25, 0.3) is 5.69 Å². The number of para-hydroxylation sites is 2. The number of aldehydes is 1. The van der Waals surface area contributed by atoms with Crippen molar-refractivity contribution in [3.8, 4) is 5.69 Å². The van der Waals surface area contributed by atoms with E-state index >= 15 is 0 Å². The first-order valence-corrected chi connectivity index (χ1v) is 4.95. The highest BCUT2D eigenvalue weighted by Gasteiger charge is 2.18. The molecule has 1 aromatic carbocycles. The second-order valence-electron chi connectivity index (χ2n) is 3.17. The van der Waals surface area contributed by atoms with Gasteiger partial charge in [0.25, 0.3) is 5.69 Å². The van der Waals surface area contributed by atoms with E-state index in [1.807, 2.05) is 0 Å². The molecule has 0 atom stereocenters. The van der Waals surface area contributed by atoms with E-state index in [1.165, 1.54) is 18.3 Å². The number of aromatic nitrogens is 2. The largest absolute Gasteiger partial charge is 0.298 e. The van der Waals surface area contributed by atoms with Crippen LogP contribution in [0.4, 0.5) is 5.69 Å². The fourth-order valence-corrected chi connectivity index (χ4v) is 1.62. The van der Waals surface area contributed by atoms with Crippen molar-refractivity contribution in [2.75, 3.05) is 0 Å². The van der Waals surface area contributed by atoms with Gasteiger partial charge in [-0.05, 0) is 6.07 Å². The summed E-state index contributed by atoms with van der Waals surface area (Å²) < 4.78 is 1.16. The van der Waals surface area contributed by atoms with Gasteiger partial charge in [-0.25, -0.2) is 4.68 Å². The lowest BCUT2D eigenvalue weighted by Crippen LogP contribution is -2.01. The topological polar surface area (TPSA) is 78.0 Å². The maximum Gasteiger partial charge on any atom is 0.294 e. The van der Waals surface area contributed by atoms with Crippen LogP contribution < -0.4 is 0 Å². The molecule has 0 aliphatic heterocycles.